The molecule has 3 heteroatoms. The second-order valence-corrected chi connectivity index (χ2v) is 4.12. The fourth-order valence-corrected chi connectivity index (χ4v) is 2.25. The first-order valence-corrected chi connectivity index (χ1v) is 5.15. The van der Waals surface area contributed by atoms with Crippen LogP contribution >= 0.6 is 0 Å². The van der Waals surface area contributed by atoms with E-state index in [1.54, 1.807) is 0 Å². The van der Waals surface area contributed by atoms with Gasteiger partial charge in [-0.1, -0.05) is 12.8 Å². The van der Waals surface area contributed by atoms with Gasteiger partial charge in [-0.25, -0.2) is 8.78 Å². The van der Waals surface area contributed by atoms with E-state index in [4.69, 9.17) is 0 Å². The normalized spacial score (nSPS) is 30.9. The maximum atomic E-state index is 12.8. The van der Waals surface area contributed by atoms with E-state index >= 15 is 0 Å². The highest BCUT2D eigenvalue weighted by molar-refractivity contribution is 4.96. The summed E-state index contributed by atoms with van der Waals surface area (Å²) >= 11 is 0. The number of rotatable bonds is 1. The molecule has 0 N–H and O–H groups in total. The Morgan fingerprint density at radius 1 is 1.00 bits per heavy atom. The highest BCUT2D eigenvalue weighted by Crippen LogP contribution is 2.35. The SMILES string of the molecule is FC1(F)CCN([C]2CCCC2)CC1. The van der Waals surface area contributed by atoms with Crippen molar-refractivity contribution in [2.75, 3.05) is 13.1 Å². The van der Waals surface area contributed by atoms with Crippen molar-refractivity contribution in [3.63, 3.8) is 0 Å². The molecule has 1 aliphatic carbocycles. The molecule has 2 aliphatic rings. The number of halogens is 2. The summed E-state index contributed by atoms with van der Waals surface area (Å²) < 4.78 is 25.7. The van der Waals surface area contributed by atoms with Crippen LogP contribution in [0.5, 0.6) is 0 Å². The van der Waals surface area contributed by atoms with E-state index in [9.17, 15) is 8.78 Å². The minimum absolute atomic E-state index is 0.0521. The Bertz CT molecular complexity index is 166. The van der Waals surface area contributed by atoms with Crippen LogP contribution in [0, 0.1) is 6.04 Å². The van der Waals surface area contributed by atoms with Gasteiger partial charge in [-0.2, -0.15) is 0 Å². The Labute approximate surface area is 78.1 Å². The summed E-state index contributed by atoms with van der Waals surface area (Å²) in [7, 11) is 0. The minimum atomic E-state index is -2.39. The monoisotopic (exact) mass is 188 g/mol. The summed E-state index contributed by atoms with van der Waals surface area (Å²) in [5.41, 5.74) is 0. The Balaban J connectivity index is 1.83. The fraction of sp³-hybridized carbons (Fsp3) is 0.900. The Hall–Kier alpha value is -0.180. The van der Waals surface area contributed by atoms with Crippen molar-refractivity contribution in [1.82, 2.24) is 4.90 Å². The molecule has 0 aromatic heterocycles. The summed E-state index contributed by atoms with van der Waals surface area (Å²) in [6.45, 7) is 1.14. The van der Waals surface area contributed by atoms with E-state index in [-0.39, 0.29) is 12.8 Å². The Kier molecular flexibility index (Phi) is 2.54. The van der Waals surface area contributed by atoms with Gasteiger partial charge in [0.05, 0.1) is 0 Å². The molecule has 13 heavy (non-hydrogen) atoms. The van der Waals surface area contributed by atoms with E-state index < -0.39 is 5.92 Å². The van der Waals surface area contributed by atoms with E-state index in [0.717, 1.165) is 12.8 Å². The van der Waals surface area contributed by atoms with Crippen LogP contribution in [0.25, 0.3) is 0 Å². The summed E-state index contributed by atoms with van der Waals surface area (Å²) in [6.07, 6.45) is 4.90. The van der Waals surface area contributed by atoms with Crippen LogP contribution in [-0.4, -0.2) is 23.9 Å². The number of hydrogen-bond acceptors (Lipinski definition) is 1. The summed E-state index contributed by atoms with van der Waals surface area (Å²) in [5, 5.41) is 0. The largest absolute Gasteiger partial charge is 0.295 e. The summed E-state index contributed by atoms with van der Waals surface area (Å²) in [6, 6.07) is 1.43. The molecule has 1 saturated heterocycles. The first-order valence-electron chi connectivity index (χ1n) is 5.15. The lowest BCUT2D eigenvalue weighted by Crippen LogP contribution is -2.40. The van der Waals surface area contributed by atoms with Crippen molar-refractivity contribution in [2.24, 2.45) is 0 Å². The van der Waals surface area contributed by atoms with Crippen molar-refractivity contribution < 1.29 is 8.78 Å². The molecule has 2 fully saturated rings. The van der Waals surface area contributed by atoms with Gasteiger partial charge in [0.1, 0.15) is 0 Å². The van der Waals surface area contributed by atoms with Gasteiger partial charge >= 0.3 is 0 Å². The molecular formula is C10H16F2N. The number of hydrogen-bond donors (Lipinski definition) is 0. The molecule has 0 unspecified atom stereocenters. The maximum Gasteiger partial charge on any atom is 0.250 e. The molecule has 0 atom stereocenters. The van der Waals surface area contributed by atoms with Crippen molar-refractivity contribution >= 4 is 0 Å². The van der Waals surface area contributed by atoms with Gasteiger partial charge in [0, 0.05) is 32.0 Å². The lowest BCUT2D eigenvalue weighted by Gasteiger charge is -2.35. The molecule has 1 heterocycles. The van der Waals surface area contributed by atoms with E-state index in [1.807, 2.05) is 0 Å². The molecule has 1 saturated carbocycles. The van der Waals surface area contributed by atoms with Crippen molar-refractivity contribution in [3.05, 3.63) is 6.04 Å². The van der Waals surface area contributed by atoms with Crippen LogP contribution < -0.4 is 0 Å². The zero-order chi connectivity index (χ0) is 9.31. The van der Waals surface area contributed by atoms with Crippen molar-refractivity contribution in [3.8, 4) is 0 Å². The third-order valence-corrected chi connectivity index (χ3v) is 3.12. The van der Waals surface area contributed by atoms with Crippen molar-refractivity contribution in [2.45, 2.75) is 44.4 Å². The van der Waals surface area contributed by atoms with Crippen LogP contribution in [0.3, 0.4) is 0 Å². The quantitative estimate of drug-likeness (QED) is 0.611. The first kappa shape index (κ1) is 9.38. The highest BCUT2D eigenvalue weighted by Gasteiger charge is 2.36. The van der Waals surface area contributed by atoms with Crippen LogP contribution in [0.2, 0.25) is 0 Å². The van der Waals surface area contributed by atoms with Crippen LogP contribution in [0.1, 0.15) is 38.5 Å². The standard InChI is InChI=1S/C10H16F2N/c11-10(12)5-7-13(8-6-10)9-3-1-2-4-9/h1-8H2. The zero-order valence-corrected chi connectivity index (χ0v) is 7.86. The second kappa shape index (κ2) is 3.52. The summed E-state index contributed by atoms with van der Waals surface area (Å²) in [4.78, 5) is 2.18. The number of nitrogens with zero attached hydrogens (tertiary/aromatic N) is 1. The van der Waals surface area contributed by atoms with Crippen LogP contribution in [0.15, 0.2) is 0 Å². The molecule has 1 radical (unpaired) electrons. The number of piperidine rings is 1. The van der Waals surface area contributed by atoms with E-state index in [2.05, 4.69) is 4.90 Å². The number of likely N-dealkylation sites (tertiary alicyclic amines) is 1. The molecule has 2 rings (SSSR count). The third kappa shape index (κ3) is 2.19. The topological polar surface area (TPSA) is 3.24 Å². The molecule has 0 aromatic rings. The maximum absolute atomic E-state index is 12.8. The Morgan fingerprint density at radius 3 is 2.08 bits per heavy atom. The predicted molar refractivity (Wildman–Crippen MR) is 47.5 cm³/mol. The average molecular weight is 188 g/mol. The first-order chi connectivity index (χ1) is 6.17. The van der Waals surface area contributed by atoms with Gasteiger partial charge in [-0.15, -0.1) is 0 Å². The third-order valence-electron chi connectivity index (χ3n) is 3.12. The van der Waals surface area contributed by atoms with Gasteiger partial charge in [0.15, 0.2) is 0 Å². The second-order valence-electron chi connectivity index (χ2n) is 4.12. The molecule has 1 nitrogen and oxygen atoms in total. The van der Waals surface area contributed by atoms with Gasteiger partial charge in [0.2, 0.25) is 0 Å². The summed E-state index contributed by atoms with van der Waals surface area (Å²) in [5.74, 6) is -2.39. The molecular weight excluding hydrogens is 172 g/mol. The van der Waals surface area contributed by atoms with Gasteiger partial charge in [-0.3, -0.25) is 4.90 Å². The zero-order valence-electron chi connectivity index (χ0n) is 7.86. The molecule has 75 valence electrons. The molecule has 0 aromatic carbocycles. The lowest BCUT2D eigenvalue weighted by atomic mass is 10.0. The molecule has 0 amide bonds. The van der Waals surface area contributed by atoms with Crippen molar-refractivity contribution in [1.29, 1.82) is 0 Å². The number of alkyl halides is 2. The van der Waals surface area contributed by atoms with E-state index in [1.165, 1.54) is 18.9 Å². The Morgan fingerprint density at radius 2 is 1.54 bits per heavy atom. The van der Waals surface area contributed by atoms with E-state index in [0.29, 0.717) is 13.1 Å². The molecule has 1 aliphatic heterocycles. The van der Waals surface area contributed by atoms with Gasteiger partial charge in [0.25, 0.3) is 5.92 Å². The predicted octanol–water partition coefficient (Wildman–Crippen LogP) is 2.82. The lowest BCUT2D eigenvalue weighted by molar-refractivity contribution is -0.0540. The smallest absolute Gasteiger partial charge is 0.250 e. The molecule has 0 bridgehead atoms. The molecule has 0 spiro atoms. The highest BCUT2D eigenvalue weighted by atomic mass is 19.3. The van der Waals surface area contributed by atoms with Crippen LogP contribution in [-0.2, 0) is 0 Å². The average Bonchev–Trinajstić information content (AvgIpc) is 2.56. The van der Waals surface area contributed by atoms with Gasteiger partial charge < -0.3 is 0 Å². The van der Waals surface area contributed by atoms with Crippen LogP contribution in [0.4, 0.5) is 8.78 Å². The fourth-order valence-electron chi connectivity index (χ4n) is 2.25. The van der Waals surface area contributed by atoms with Gasteiger partial charge in [-0.05, 0) is 12.8 Å². The minimum Gasteiger partial charge on any atom is -0.295 e.